The van der Waals surface area contributed by atoms with Gasteiger partial charge in [0, 0.05) is 49.0 Å². The molecule has 4 aromatic heterocycles. The average molecular weight is 677 g/mol. The molecule has 0 aliphatic heterocycles. The molecule has 0 N–H and O–H groups in total. The number of hydrogen-bond acceptors (Lipinski definition) is 3. The highest BCUT2D eigenvalue weighted by Crippen LogP contribution is 2.40. The Hall–Kier alpha value is -7.24. The van der Waals surface area contributed by atoms with Crippen molar-refractivity contribution in [2.45, 2.75) is 0 Å². The van der Waals surface area contributed by atoms with Crippen molar-refractivity contribution in [2.24, 2.45) is 0 Å². The van der Waals surface area contributed by atoms with Crippen LogP contribution in [0.5, 0.6) is 0 Å². The normalized spacial score (nSPS) is 12.2. The second kappa shape index (κ2) is 10.6. The summed E-state index contributed by atoms with van der Waals surface area (Å²) in [6.07, 6.45) is 0. The fraction of sp³-hybridized carbons (Fsp3) is 0. The van der Waals surface area contributed by atoms with Crippen molar-refractivity contribution in [3.63, 3.8) is 0 Å². The van der Waals surface area contributed by atoms with E-state index in [9.17, 15) is 0 Å². The molecular formula is C48H28N4O. The highest BCUT2D eigenvalue weighted by molar-refractivity contribution is 6.22. The molecule has 0 spiro atoms. The van der Waals surface area contributed by atoms with Gasteiger partial charge in [-0.1, -0.05) is 109 Å². The van der Waals surface area contributed by atoms with Crippen molar-refractivity contribution in [3.05, 3.63) is 170 Å². The van der Waals surface area contributed by atoms with Crippen LogP contribution in [0.15, 0.2) is 174 Å². The zero-order valence-corrected chi connectivity index (χ0v) is 28.4. The van der Waals surface area contributed by atoms with Crippen LogP contribution in [-0.4, -0.2) is 19.1 Å². The van der Waals surface area contributed by atoms with Crippen LogP contribution >= 0.6 is 0 Å². The van der Waals surface area contributed by atoms with E-state index in [2.05, 4.69) is 161 Å². The molecular weight excluding hydrogens is 649 g/mol. The minimum absolute atomic E-state index is 0.628. The number of para-hydroxylation sites is 4. The summed E-state index contributed by atoms with van der Waals surface area (Å²) in [5.74, 6) is 0.628. The van der Waals surface area contributed by atoms with E-state index in [1.807, 2.05) is 18.2 Å². The Morgan fingerprint density at radius 1 is 0.396 bits per heavy atom. The summed E-state index contributed by atoms with van der Waals surface area (Å²) < 4.78 is 11.0. The first-order valence-electron chi connectivity index (χ1n) is 17.9. The molecule has 0 saturated carbocycles. The summed E-state index contributed by atoms with van der Waals surface area (Å²) in [5.41, 5.74) is 10.1. The quantitative estimate of drug-likeness (QED) is 0.187. The number of furan rings is 1. The molecule has 0 amide bonds. The molecule has 0 atom stereocenters. The summed E-state index contributed by atoms with van der Waals surface area (Å²) >= 11 is 0. The number of benzene rings is 8. The van der Waals surface area contributed by atoms with E-state index in [-0.39, 0.29) is 0 Å². The smallest absolute Gasteiger partial charge is 0.235 e. The summed E-state index contributed by atoms with van der Waals surface area (Å²) in [4.78, 5) is 10.7. The summed E-state index contributed by atoms with van der Waals surface area (Å²) in [6, 6.07) is 60.1. The standard InChI is InChI=1S/C48H28N4O/c1-2-12-32-29(11-1)22-25-43-46(32)38-28-31(51-40-18-8-4-13-33(40)34-14-5-9-19-41(34)51)23-26-42(38)52(43)48-49-39-17-7-3-16-37(39)47(50-48)30-21-24-36-35-15-6-10-20-44(35)53-45(36)27-30/h1-28H. The molecule has 0 radical (unpaired) electrons. The van der Waals surface area contributed by atoms with Crippen LogP contribution in [0, 0.1) is 0 Å². The summed E-state index contributed by atoms with van der Waals surface area (Å²) in [6.45, 7) is 0. The van der Waals surface area contributed by atoms with Gasteiger partial charge in [-0.3, -0.25) is 4.57 Å². The first kappa shape index (κ1) is 28.5. The van der Waals surface area contributed by atoms with Gasteiger partial charge in [0.25, 0.3) is 0 Å². The van der Waals surface area contributed by atoms with Crippen LogP contribution in [0.25, 0.3) is 110 Å². The van der Waals surface area contributed by atoms with E-state index >= 15 is 0 Å². The molecule has 0 bridgehead atoms. The lowest BCUT2D eigenvalue weighted by molar-refractivity contribution is 0.669. The molecule has 4 heterocycles. The highest BCUT2D eigenvalue weighted by atomic mass is 16.3. The van der Waals surface area contributed by atoms with Crippen molar-refractivity contribution in [1.82, 2.24) is 19.1 Å². The Kier molecular flexibility index (Phi) is 5.71. The van der Waals surface area contributed by atoms with Gasteiger partial charge in [-0.2, -0.15) is 0 Å². The van der Waals surface area contributed by atoms with Crippen LogP contribution in [0.1, 0.15) is 0 Å². The molecule has 0 aliphatic rings. The molecule has 53 heavy (non-hydrogen) atoms. The SMILES string of the molecule is c1ccc2c(c1)ccc1c2c2cc(-n3c4ccccc4c4ccccc43)ccc2n1-c1nc(-c2ccc3c(c2)oc2ccccc23)c2ccccc2n1. The Labute approximate surface area is 302 Å². The predicted octanol–water partition coefficient (Wildman–Crippen LogP) is 12.5. The third kappa shape index (κ3) is 4.02. The zero-order chi connectivity index (χ0) is 34.6. The maximum absolute atomic E-state index is 6.33. The van der Waals surface area contributed by atoms with Gasteiger partial charge in [0.2, 0.25) is 5.95 Å². The van der Waals surface area contributed by atoms with E-state index in [4.69, 9.17) is 14.4 Å². The van der Waals surface area contributed by atoms with E-state index in [1.54, 1.807) is 0 Å². The zero-order valence-electron chi connectivity index (χ0n) is 28.4. The second-order valence-corrected chi connectivity index (χ2v) is 13.8. The fourth-order valence-electron chi connectivity index (χ4n) is 8.59. The molecule has 8 aromatic carbocycles. The van der Waals surface area contributed by atoms with Crippen LogP contribution in [0.2, 0.25) is 0 Å². The lowest BCUT2D eigenvalue weighted by Crippen LogP contribution is -2.03. The molecule has 0 fully saturated rings. The summed E-state index contributed by atoms with van der Waals surface area (Å²) in [5, 5.41) is 10.4. The van der Waals surface area contributed by atoms with Gasteiger partial charge in [-0.25, -0.2) is 9.97 Å². The van der Waals surface area contributed by atoms with E-state index in [0.29, 0.717) is 5.95 Å². The first-order chi connectivity index (χ1) is 26.3. The number of hydrogen-bond donors (Lipinski definition) is 0. The molecule has 0 saturated heterocycles. The van der Waals surface area contributed by atoms with Gasteiger partial charge in [-0.05, 0) is 71.4 Å². The van der Waals surface area contributed by atoms with Gasteiger partial charge in [0.15, 0.2) is 0 Å². The number of fused-ring (bicyclic) bond motifs is 12. The third-order valence-electron chi connectivity index (χ3n) is 10.9. The topological polar surface area (TPSA) is 48.8 Å². The molecule has 0 aliphatic carbocycles. The summed E-state index contributed by atoms with van der Waals surface area (Å²) in [7, 11) is 0. The number of rotatable bonds is 3. The molecule has 246 valence electrons. The Morgan fingerprint density at radius 2 is 1.04 bits per heavy atom. The molecule has 12 rings (SSSR count). The van der Waals surface area contributed by atoms with Gasteiger partial charge < -0.3 is 8.98 Å². The lowest BCUT2D eigenvalue weighted by atomic mass is 10.0. The maximum Gasteiger partial charge on any atom is 0.235 e. The number of nitrogens with zero attached hydrogens (tertiary/aromatic N) is 4. The Balaban J connectivity index is 1.16. The fourth-order valence-corrected chi connectivity index (χ4v) is 8.59. The maximum atomic E-state index is 6.33. The van der Waals surface area contributed by atoms with Crippen LogP contribution < -0.4 is 0 Å². The van der Waals surface area contributed by atoms with Crippen LogP contribution in [0.4, 0.5) is 0 Å². The third-order valence-corrected chi connectivity index (χ3v) is 10.9. The first-order valence-corrected chi connectivity index (χ1v) is 17.9. The van der Waals surface area contributed by atoms with Gasteiger partial charge in [0.1, 0.15) is 11.2 Å². The van der Waals surface area contributed by atoms with Crippen molar-refractivity contribution in [1.29, 1.82) is 0 Å². The van der Waals surface area contributed by atoms with Crippen molar-refractivity contribution in [3.8, 4) is 22.9 Å². The Bertz CT molecular complexity index is 3420. The van der Waals surface area contributed by atoms with Gasteiger partial charge in [0.05, 0.1) is 33.3 Å². The number of aromatic nitrogens is 4. The second-order valence-electron chi connectivity index (χ2n) is 13.8. The largest absolute Gasteiger partial charge is 0.456 e. The van der Waals surface area contributed by atoms with Crippen LogP contribution in [-0.2, 0) is 0 Å². The molecule has 0 unspecified atom stereocenters. The van der Waals surface area contributed by atoms with Gasteiger partial charge in [-0.15, -0.1) is 0 Å². The lowest BCUT2D eigenvalue weighted by Gasteiger charge is -2.12. The monoisotopic (exact) mass is 676 g/mol. The van der Waals surface area contributed by atoms with E-state index in [0.717, 1.165) is 66.2 Å². The highest BCUT2D eigenvalue weighted by Gasteiger charge is 2.21. The Morgan fingerprint density at radius 3 is 1.87 bits per heavy atom. The van der Waals surface area contributed by atoms with Crippen molar-refractivity contribution < 1.29 is 4.42 Å². The molecule has 5 nitrogen and oxygen atoms in total. The predicted molar refractivity (Wildman–Crippen MR) is 218 cm³/mol. The minimum atomic E-state index is 0.628. The minimum Gasteiger partial charge on any atom is -0.456 e. The van der Waals surface area contributed by atoms with E-state index in [1.165, 1.54) is 38.0 Å². The van der Waals surface area contributed by atoms with Crippen LogP contribution in [0.3, 0.4) is 0 Å². The van der Waals surface area contributed by atoms with Crippen molar-refractivity contribution in [2.75, 3.05) is 0 Å². The van der Waals surface area contributed by atoms with Crippen molar-refractivity contribution >= 4 is 87.2 Å². The average Bonchev–Trinajstić information content (AvgIpc) is 3.87. The van der Waals surface area contributed by atoms with E-state index < -0.39 is 0 Å². The molecule has 5 heteroatoms. The molecule has 12 aromatic rings. The van der Waals surface area contributed by atoms with Gasteiger partial charge >= 0.3 is 0 Å².